The molecule has 0 bridgehead atoms. The molecule has 0 saturated carbocycles. The third-order valence-corrected chi connectivity index (χ3v) is 3.06. The minimum Gasteiger partial charge on any atom is -0.380 e. The molecular formula is C14H25N3O3. The molecule has 0 aliphatic heterocycles. The molecule has 0 atom stereocenters. The van der Waals surface area contributed by atoms with Crippen molar-refractivity contribution in [2.75, 3.05) is 26.3 Å². The molecule has 0 spiro atoms. The van der Waals surface area contributed by atoms with Gasteiger partial charge in [0.05, 0.1) is 6.61 Å². The maximum atomic E-state index is 11.9. The molecule has 1 aromatic rings. The summed E-state index contributed by atoms with van der Waals surface area (Å²) < 4.78 is 8.19. The van der Waals surface area contributed by atoms with Gasteiger partial charge in [-0.1, -0.05) is 13.3 Å². The van der Waals surface area contributed by atoms with E-state index < -0.39 is 0 Å². The second-order valence-electron chi connectivity index (χ2n) is 4.59. The highest BCUT2D eigenvalue weighted by Crippen LogP contribution is 1.86. The van der Waals surface area contributed by atoms with Crippen molar-refractivity contribution in [1.82, 2.24) is 14.5 Å². The van der Waals surface area contributed by atoms with Crippen molar-refractivity contribution in [3.63, 3.8) is 0 Å². The Balaban J connectivity index is 2.32. The number of ether oxygens (including phenoxy) is 1. The van der Waals surface area contributed by atoms with Crippen LogP contribution in [0.3, 0.4) is 0 Å². The molecule has 1 rings (SSSR count). The Bertz CT molecular complexity index is 493. The first-order chi connectivity index (χ1) is 9.70. The first-order valence-electron chi connectivity index (χ1n) is 7.29. The summed E-state index contributed by atoms with van der Waals surface area (Å²) in [5.74, 6) is 0. The summed E-state index contributed by atoms with van der Waals surface area (Å²) in [5, 5.41) is 3.17. The molecule has 0 aliphatic carbocycles. The zero-order valence-electron chi connectivity index (χ0n) is 12.4. The Kier molecular flexibility index (Phi) is 7.91. The molecular weight excluding hydrogens is 258 g/mol. The molecule has 0 radical (unpaired) electrons. The van der Waals surface area contributed by atoms with Crippen molar-refractivity contribution >= 4 is 0 Å². The third-order valence-electron chi connectivity index (χ3n) is 3.06. The lowest BCUT2D eigenvalue weighted by atomic mass is 10.4. The Morgan fingerprint density at radius 3 is 2.70 bits per heavy atom. The molecule has 114 valence electrons. The monoisotopic (exact) mass is 283 g/mol. The zero-order valence-corrected chi connectivity index (χ0v) is 12.4. The van der Waals surface area contributed by atoms with Crippen LogP contribution in [-0.2, 0) is 17.8 Å². The predicted octanol–water partition coefficient (Wildman–Crippen LogP) is 0.436. The van der Waals surface area contributed by atoms with Gasteiger partial charge in [-0.3, -0.25) is 9.36 Å². The molecule has 0 fully saturated rings. The van der Waals surface area contributed by atoms with Gasteiger partial charge in [0.1, 0.15) is 0 Å². The van der Waals surface area contributed by atoms with Crippen LogP contribution in [0.25, 0.3) is 0 Å². The van der Waals surface area contributed by atoms with Crippen LogP contribution < -0.4 is 16.6 Å². The van der Waals surface area contributed by atoms with Crippen LogP contribution in [0.15, 0.2) is 21.9 Å². The number of aromatic nitrogens is 2. The highest BCUT2D eigenvalue weighted by molar-refractivity contribution is 4.86. The summed E-state index contributed by atoms with van der Waals surface area (Å²) in [4.78, 5) is 23.6. The lowest BCUT2D eigenvalue weighted by molar-refractivity contribution is 0.133. The highest BCUT2D eigenvalue weighted by Gasteiger charge is 2.03. The molecule has 0 unspecified atom stereocenters. The van der Waals surface area contributed by atoms with Gasteiger partial charge in [0.25, 0.3) is 5.56 Å². The van der Waals surface area contributed by atoms with Crippen LogP contribution in [0.4, 0.5) is 0 Å². The zero-order chi connectivity index (χ0) is 14.8. The second-order valence-corrected chi connectivity index (χ2v) is 4.59. The van der Waals surface area contributed by atoms with E-state index in [-0.39, 0.29) is 11.2 Å². The number of nitrogens with one attached hydrogen (secondary N) is 1. The highest BCUT2D eigenvalue weighted by atomic mass is 16.5. The Labute approximate surface area is 119 Å². The van der Waals surface area contributed by atoms with Crippen molar-refractivity contribution in [1.29, 1.82) is 0 Å². The summed E-state index contributed by atoms with van der Waals surface area (Å²) in [6.45, 7) is 7.71. The van der Waals surface area contributed by atoms with E-state index >= 15 is 0 Å². The van der Waals surface area contributed by atoms with Gasteiger partial charge in [-0.2, -0.15) is 0 Å². The van der Waals surface area contributed by atoms with Crippen molar-refractivity contribution in [2.45, 2.75) is 39.8 Å². The van der Waals surface area contributed by atoms with E-state index in [4.69, 9.17) is 4.74 Å². The average Bonchev–Trinajstić information content (AvgIpc) is 2.45. The summed E-state index contributed by atoms with van der Waals surface area (Å²) in [5.41, 5.74) is -0.498. The van der Waals surface area contributed by atoms with Gasteiger partial charge >= 0.3 is 5.69 Å². The molecule has 0 aromatic carbocycles. The number of unbranched alkanes of at least 4 members (excludes halogenated alkanes) is 1. The van der Waals surface area contributed by atoms with Crippen molar-refractivity contribution in [2.24, 2.45) is 0 Å². The number of hydrogen-bond donors (Lipinski definition) is 1. The van der Waals surface area contributed by atoms with E-state index in [1.807, 2.05) is 6.92 Å². The summed E-state index contributed by atoms with van der Waals surface area (Å²) >= 11 is 0. The van der Waals surface area contributed by atoms with Crippen molar-refractivity contribution < 1.29 is 4.74 Å². The van der Waals surface area contributed by atoms with Gasteiger partial charge in [0, 0.05) is 45.0 Å². The van der Waals surface area contributed by atoms with Crippen molar-refractivity contribution in [3.05, 3.63) is 33.1 Å². The molecule has 6 heteroatoms. The molecule has 6 nitrogen and oxygen atoms in total. The average molecular weight is 283 g/mol. The van der Waals surface area contributed by atoms with Crippen LogP contribution in [-0.4, -0.2) is 35.4 Å². The Morgan fingerprint density at radius 1 is 1.20 bits per heavy atom. The van der Waals surface area contributed by atoms with Gasteiger partial charge in [-0.05, 0) is 13.3 Å². The number of nitrogens with zero attached hydrogens (tertiary/aromatic N) is 2. The Hall–Kier alpha value is -1.40. The lowest BCUT2D eigenvalue weighted by Gasteiger charge is -2.09. The minimum atomic E-state index is -0.249. The van der Waals surface area contributed by atoms with Crippen molar-refractivity contribution in [3.8, 4) is 0 Å². The predicted molar refractivity (Wildman–Crippen MR) is 79.2 cm³/mol. The number of hydrogen-bond acceptors (Lipinski definition) is 4. The largest absolute Gasteiger partial charge is 0.380 e. The third kappa shape index (κ3) is 5.30. The van der Waals surface area contributed by atoms with Crippen LogP contribution in [0.2, 0.25) is 0 Å². The second kappa shape index (κ2) is 9.50. The fourth-order valence-electron chi connectivity index (χ4n) is 1.81. The quantitative estimate of drug-likeness (QED) is 0.633. The molecule has 0 amide bonds. The number of aryl methyl sites for hydroxylation is 1. The van der Waals surface area contributed by atoms with Gasteiger partial charge in [0.15, 0.2) is 0 Å². The summed E-state index contributed by atoms with van der Waals surface area (Å²) in [6.07, 6.45) is 3.75. The maximum Gasteiger partial charge on any atom is 0.330 e. The van der Waals surface area contributed by atoms with Gasteiger partial charge in [-0.15, -0.1) is 0 Å². The van der Waals surface area contributed by atoms with Gasteiger partial charge in [-0.25, -0.2) is 4.79 Å². The van der Waals surface area contributed by atoms with E-state index in [0.717, 1.165) is 26.0 Å². The minimum absolute atomic E-state index is 0.249. The topological polar surface area (TPSA) is 65.3 Å². The first-order valence-corrected chi connectivity index (χ1v) is 7.29. The van der Waals surface area contributed by atoms with E-state index in [2.05, 4.69) is 12.2 Å². The van der Waals surface area contributed by atoms with Gasteiger partial charge in [0.2, 0.25) is 0 Å². The SMILES string of the molecule is CCCCOCCNCCn1c(=O)ccn(CC)c1=O. The first kappa shape index (κ1) is 16.7. The molecule has 0 aliphatic rings. The smallest absolute Gasteiger partial charge is 0.330 e. The lowest BCUT2D eigenvalue weighted by Crippen LogP contribution is -2.41. The molecule has 1 heterocycles. The van der Waals surface area contributed by atoms with Crippen LogP contribution in [0.1, 0.15) is 26.7 Å². The van der Waals surface area contributed by atoms with E-state index in [1.54, 1.807) is 0 Å². The maximum absolute atomic E-state index is 11.9. The fraction of sp³-hybridized carbons (Fsp3) is 0.714. The Morgan fingerprint density at radius 2 is 2.00 bits per heavy atom. The van der Waals surface area contributed by atoms with E-state index in [0.29, 0.717) is 26.2 Å². The standard InChI is InChI=1S/C14H25N3O3/c1-3-5-11-20-12-8-15-7-10-17-13(18)6-9-16(4-2)14(17)19/h6,9,15H,3-5,7-8,10-12H2,1-2H3. The molecule has 0 saturated heterocycles. The van der Waals surface area contributed by atoms with Gasteiger partial charge < -0.3 is 14.6 Å². The normalized spacial score (nSPS) is 10.9. The fourth-order valence-corrected chi connectivity index (χ4v) is 1.81. The summed E-state index contributed by atoms with van der Waals surface area (Å²) in [7, 11) is 0. The van der Waals surface area contributed by atoms with E-state index in [9.17, 15) is 9.59 Å². The molecule has 1 N–H and O–H groups in total. The summed E-state index contributed by atoms with van der Waals surface area (Å²) in [6, 6.07) is 1.43. The van der Waals surface area contributed by atoms with E-state index in [1.165, 1.54) is 21.4 Å². The molecule has 1 aromatic heterocycles. The van der Waals surface area contributed by atoms with Crippen LogP contribution in [0, 0.1) is 0 Å². The van der Waals surface area contributed by atoms with Crippen LogP contribution in [0.5, 0.6) is 0 Å². The van der Waals surface area contributed by atoms with Crippen LogP contribution >= 0.6 is 0 Å². The number of rotatable bonds is 10. The molecule has 20 heavy (non-hydrogen) atoms.